The second-order valence-corrected chi connectivity index (χ2v) is 5.63. The van der Waals surface area contributed by atoms with Crippen molar-refractivity contribution in [2.75, 3.05) is 13.1 Å². The number of amides is 1. The van der Waals surface area contributed by atoms with Crippen molar-refractivity contribution in [3.63, 3.8) is 0 Å². The van der Waals surface area contributed by atoms with Gasteiger partial charge in [0.1, 0.15) is 0 Å². The van der Waals surface area contributed by atoms with Crippen LogP contribution in [-0.2, 0) is 11.2 Å². The minimum Gasteiger partial charge on any atom is -0.341 e. The summed E-state index contributed by atoms with van der Waals surface area (Å²) in [7, 11) is 0. The van der Waals surface area contributed by atoms with Crippen LogP contribution in [0.1, 0.15) is 25.2 Å². The number of hydrogen-bond donors (Lipinski definition) is 0. The van der Waals surface area contributed by atoms with Gasteiger partial charge in [-0.05, 0) is 11.4 Å². The van der Waals surface area contributed by atoms with Crippen LogP contribution in [0.25, 0.3) is 10.7 Å². The molecule has 2 aromatic rings. The van der Waals surface area contributed by atoms with Crippen molar-refractivity contribution in [3.8, 4) is 22.8 Å². The molecule has 1 amide bonds. The summed E-state index contributed by atoms with van der Waals surface area (Å²) < 4.78 is 5.15. The van der Waals surface area contributed by atoms with Gasteiger partial charge in [0.25, 0.3) is 0 Å². The van der Waals surface area contributed by atoms with E-state index in [1.165, 1.54) is 16.2 Å². The molecule has 2 rings (SSSR count). The number of carbonyl (C=O) groups is 1. The standard InChI is InChI=1S/C15H15N5O2S/c16-7-2-9-20(10-3-8-17)14(21)6-5-13-18-15(19-22-13)12-4-1-11-23-12/h1,4,11H,2-3,5-6,9-10H2. The summed E-state index contributed by atoms with van der Waals surface area (Å²) in [6.45, 7) is 0.669. The molecule has 0 aliphatic carbocycles. The van der Waals surface area contributed by atoms with Crippen LogP contribution in [0, 0.1) is 22.7 Å². The highest BCUT2D eigenvalue weighted by Crippen LogP contribution is 2.21. The van der Waals surface area contributed by atoms with Gasteiger partial charge in [-0.3, -0.25) is 4.79 Å². The summed E-state index contributed by atoms with van der Waals surface area (Å²) in [5.74, 6) is 0.807. The topological polar surface area (TPSA) is 107 Å². The monoisotopic (exact) mass is 329 g/mol. The van der Waals surface area contributed by atoms with Crippen LogP contribution in [0.4, 0.5) is 0 Å². The van der Waals surface area contributed by atoms with Gasteiger partial charge in [0.15, 0.2) is 0 Å². The zero-order valence-corrected chi connectivity index (χ0v) is 13.3. The highest BCUT2D eigenvalue weighted by atomic mass is 32.1. The van der Waals surface area contributed by atoms with Crippen molar-refractivity contribution in [1.29, 1.82) is 10.5 Å². The Hall–Kier alpha value is -2.71. The molecule has 0 saturated heterocycles. The van der Waals surface area contributed by atoms with E-state index in [2.05, 4.69) is 10.1 Å². The van der Waals surface area contributed by atoms with E-state index in [0.717, 1.165) is 4.88 Å². The molecule has 0 aromatic carbocycles. The number of nitriles is 2. The van der Waals surface area contributed by atoms with Crippen molar-refractivity contribution in [1.82, 2.24) is 15.0 Å². The number of aromatic nitrogens is 2. The van der Waals surface area contributed by atoms with E-state index in [1.54, 1.807) is 0 Å². The van der Waals surface area contributed by atoms with Gasteiger partial charge >= 0.3 is 0 Å². The SMILES string of the molecule is N#CCCN(CCC#N)C(=O)CCc1nc(-c2cccs2)no1. The molecular weight excluding hydrogens is 314 g/mol. The molecule has 0 aliphatic heterocycles. The quantitative estimate of drug-likeness (QED) is 0.736. The first-order chi connectivity index (χ1) is 11.2. The van der Waals surface area contributed by atoms with Crippen molar-refractivity contribution < 1.29 is 9.32 Å². The Morgan fingerprint density at radius 2 is 2.04 bits per heavy atom. The third-order valence-electron chi connectivity index (χ3n) is 3.10. The van der Waals surface area contributed by atoms with Gasteiger partial charge in [-0.25, -0.2) is 0 Å². The zero-order valence-electron chi connectivity index (χ0n) is 12.4. The molecule has 7 nitrogen and oxygen atoms in total. The first-order valence-electron chi connectivity index (χ1n) is 7.12. The van der Waals surface area contributed by atoms with E-state index < -0.39 is 0 Å². The maximum Gasteiger partial charge on any atom is 0.227 e. The molecule has 8 heteroatoms. The van der Waals surface area contributed by atoms with Crippen LogP contribution < -0.4 is 0 Å². The largest absolute Gasteiger partial charge is 0.341 e. The van der Waals surface area contributed by atoms with Gasteiger partial charge in [-0.1, -0.05) is 11.2 Å². The lowest BCUT2D eigenvalue weighted by molar-refractivity contribution is -0.131. The molecule has 0 saturated carbocycles. The van der Waals surface area contributed by atoms with Crippen molar-refractivity contribution in [3.05, 3.63) is 23.4 Å². The summed E-state index contributed by atoms with van der Waals surface area (Å²) in [6.07, 6.45) is 1.05. The first kappa shape index (κ1) is 16.7. The molecule has 0 fully saturated rings. The Balaban J connectivity index is 1.89. The normalized spacial score (nSPS) is 10.0. The lowest BCUT2D eigenvalue weighted by atomic mass is 10.2. The van der Waals surface area contributed by atoms with Crippen LogP contribution >= 0.6 is 11.3 Å². The van der Waals surface area contributed by atoms with Crippen molar-refractivity contribution in [2.24, 2.45) is 0 Å². The van der Waals surface area contributed by atoms with Crippen molar-refractivity contribution in [2.45, 2.75) is 25.7 Å². The molecule has 0 spiro atoms. The Morgan fingerprint density at radius 1 is 1.30 bits per heavy atom. The third kappa shape index (κ3) is 4.90. The molecule has 23 heavy (non-hydrogen) atoms. The predicted octanol–water partition coefficient (Wildman–Crippen LogP) is 2.39. The predicted molar refractivity (Wildman–Crippen MR) is 83.0 cm³/mol. The molecule has 0 unspecified atom stereocenters. The third-order valence-corrected chi connectivity index (χ3v) is 3.97. The Kier molecular flexibility index (Phi) is 6.28. The van der Waals surface area contributed by atoms with Crippen LogP contribution in [0.3, 0.4) is 0 Å². The van der Waals surface area contributed by atoms with Gasteiger partial charge in [0.05, 0.1) is 29.9 Å². The fourth-order valence-electron chi connectivity index (χ4n) is 1.97. The minimum atomic E-state index is -0.119. The van der Waals surface area contributed by atoms with E-state index in [1.807, 2.05) is 29.7 Å². The molecule has 0 bridgehead atoms. The maximum absolute atomic E-state index is 12.2. The van der Waals surface area contributed by atoms with E-state index in [0.29, 0.717) is 31.2 Å². The van der Waals surface area contributed by atoms with Crippen LogP contribution in [-0.4, -0.2) is 34.0 Å². The van der Waals surface area contributed by atoms with E-state index in [9.17, 15) is 4.79 Å². The first-order valence-corrected chi connectivity index (χ1v) is 8.00. The molecule has 2 aromatic heterocycles. The Morgan fingerprint density at radius 3 is 2.65 bits per heavy atom. The average molecular weight is 329 g/mol. The fourth-order valence-corrected chi connectivity index (χ4v) is 2.61. The lowest BCUT2D eigenvalue weighted by Gasteiger charge is -2.19. The second kappa shape index (κ2) is 8.66. The number of rotatable bonds is 8. The van der Waals surface area contributed by atoms with Crippen molar-refractivity contribution >= 4 is 17.2 Å². The van der Waals surface area contributed by atoms with Crippen LogP contribution in [0.15, 0.2) is 22.0 Å². The maximum atomic E-state index is 12.2. The highest BCUT2D eigenvalue weighted by Gasteiger charge is 2.15. The minimum absolute atomic E-state index is 0.119. The molecule has 0 aliphatic rings. The summed E-state index contributed by atoms with van der Waals surface area (Å²) in [4.78, 5) is 18.9. The second-order valence-electron chi connectivity index (χ2n) is 4.69. The summed E-state index contributed by atoms with van der Waals surface area (Å²) in [5.41, 5.74) is 0. The number of carbonyl (C=O) groups excluding carboxylic acids is 1. The molecule has 2 heterocycles. The summed E-state index contributed by atoms with van der Waals surface area (Å²) in [6, 6.07) is 7.81. The number of thiophene rings is 1. The molecule has 0 atom stereocenters. The number of nitrogens with zero attached hydrogens (tertiary/aromatic N) is 5. The Bertz CT molecular complexity index is 693. The van der Waals surface area contributed by atoms with Crippen LogP contribution in [0.2, 0.25) is 0 Å². The van der Waals surface area contributed by atoms with Gasteiger partial charge in [0, 0.05) is 25.9 Å². The van der Waals surface area contributed by atoms with Crippen LogP contribution in [0.5, 0.6) is 0 Å². The van der Waals surface area contributed by atoms with Gasteiger partial charge in [0.2, 0.25) is 17.6 Å². The fraction of sp³-hybridized carbons (Fsp3) is 0.400. The van der Waals surface area contributed by atoms with E-state index >= 15 is 0 Å². The van der Waals surface area contributed by atoms with Gasteiger partial charge in [-0.2, -0.15) is 15.5 Å². The molecule has 0 radical (unpaired) electrons. The zero-order chi connectivity index (χ0) is 16.5. The van der Waals surface area contributed by atoms with Gasteiger partial charge in [-0.15, -0.1) is 11.3 Å². The van der Waals surface area contributed by atoms with Gasteiger partial charge < -0.3 is 9.42 Å². The average Bonchev–Trinajstić information content (AvgIpc) is 3.23. The molecule has 0 N–H and O–H groups in total. The molecular formula is C15H15N5O2S. The van der Waals surface area contributed by atoms with E-state index in [4.69, 9.17) is 15.0 Å². The number of aryl methyl sites for hydroxylation is 1. The highest BCUT2D eigenvalue weighted by molar-refractivity contribution is 7.13. The lowest BCUT2D eigenvalue weighted by Crippen LogP contribution is -2.32. The van der Waals surface area contributed by atoms with E-state index in [-0.39, 0.29) is 25.2 Å². The molecule has 118 valence electrons. The summed E-state index contributed by atoms with van der Waals surface area (Å²) in [5, 5.41) is 23.1. The Labute approximate surface area is 137 Å². The number of hydrogen-bond acceptors (Lipinski definition) is 7. The summed E-state index contributed by atoms with van der Waals surface area (Å²) >= 11 is 1.52. The smallest absolute Gasteiger partial charge is 0.227 e.